The van der Waals surface area contributed by atoms with E-state index in [0.717, 1.165) is 51.4 Å². The van der Waals surface area contributed by atoms with E-state index in [-0.39, 0.29) is 37.6 Å². The number of benzene rings is 1. The lowest BCUT2D eigenvalue weighted by Gasteiger charge is -2.18. The molecule has 0 aliphatic carbocycles. The summed E-state index contributed by atoms with van der Waals surface area (Å²) in [5, 5.41) is 0. The predicted molar refractivity (Wildman–Crippen MR) is 181 cm³/mol. The molecule has 0 fully saturated rings. The second-order valence-corrected chi connectivity index (χ2v) is 11.0. The summed E-state index contributed by atoms with van der Waals surface area (Å²) in [6, 6.07) is 6.19. The van der Waals surface area contributed by atoms with Crippen molar-refractivity contribution in [3.8, 4) is 0 Å². The fourth-order valence-corrected chi connectivity index (χ4v) is 3.87. The Bertz CT molecular complexity index is 832. The highest BCUT2D eigenvalue weighted by molar-refractivity contribution is 5.95. The van der Waals surface area contributed by atoms with Gasteiger partial charge in [0.2, 0.25) is 0 Å². The van der Waals surface area contributed by atoms with Crippen molar-refractivity contribution in [2.45, 2.75) is 91.6 Å². The van der Waals surface area contributed by atoms with Crippen LogP contribution in [0.4, 0.5) is 0 Å². The Kier molecular flexibility index (Phi) is 29.3. The average Bonchev–Trinajstić information content (AvgIpc) is 3.10. The first-order chi connectivity index (χ1) is 23.5. The van der Waals surface area contributed by atoms with Gasteiger partial charge in [0.25, 0.3) is 0 Å². The fourth-order valence-electron chi connectivity index (χ4n) is 3.87. The minimum Gasteiger partial charge on any atom is -0.460 e. The van der Waals surface area contributed by atoms with Gasteiger partial charge in [-0.3, -0.25) is 0 Å². The van der Waals surface area contributed by atoms with Gasteiger partial charge in [-0.15, -0.1) is 0 Å². The molecular formula is C36H62O12. The largest absolute Gasteiger partial charge is 0.460 e. The van der Waals surface area contributed by atoms with Crippen molar-refractivity contribution in [2.24, 2.45) is 0 Å². The van der Waals surface area contributed by atoms with Crippen molar-refractivity contribution >= 4 is 11.9 Å². The van der Waals surface area contributed by atoms with E-state index in [1.54, 1.807) is 18.2 Å². The highest BCUT2D eigenvalue weighted by atomic mass is 16.7. The summed E-state index contributed by atoms with van der Waals surface area (Å²) in [5.74, 6) is -1.12. The second-order valence-electron chi connectivity index (χ2n) is 11.0. The number of hydrogen-bond acceptors (Lipinski definition) is 12. The van der Waals surface area contributed by atoms with E-state index >= 15 is 0 Å². The monoisotopic (exact) mass is 686 g/mol. The van der Waals surface area contributed by atoms with Gasteiger partial charge in [0.15, 0.2) is 12.6 Å². The number of unbranched alkanes of at least 4 members (excludes halogenated alkanes) is 4. The topological polar surface area (TPSA) is 126 Å². The smallest absolute Gasteiger partial charge is 0.338 e. The summed E-state index contributed by atoms with van der Waals surface area (Å²) in [4.78, 5) is 25.0. The molecule has 0 radical (unpaired) electrons. The lowest BCUT2D eigenvalue weighted by molar-refractivity contribution is -0.179. The molecule has 0 aromatic heterocycles. The van der Waals surface area contributed by atoms with Crippen LogP contribution in [0, 0.1) is 0 Å². The summed E-state index contributed by atoms with van der Waals surface area (Å²) in [5.41, 5.74) is 0.483. The number of hydrogen-bond donors (Lipinski definition) is 0. The molecule has 1 rings (SSSR count). The summed E-state index contributed by atoms with van der Waals surface area (Å²) in [7, 11) is 0. The standard InChI is InChI=1S/C36H62O12/c1-5-9-16-41-29-33(43-18-11-7-3)45-24-20-39-22-26-47-35(37)31-14-13-15-32(28-31)36(38)48-27-23-40-21-25-46-34(44-19-12-8-4)30-42-17-10-6-2/h13-15,28,33-34H,5-12,16-27,29-30H2,1-4H3. The second kappa shape index (κ2) is 32.1. The Labute approximate surface area is 288 Å². The third-order valence-electron chi connectivity index (χ3n) is 6.71. The lowest BCUT2D eigenvalue weighted by atomic mass is 10.1. The fraction of sp³-hybridized carbons (Fsp3) is 0.778. The van der Waals surface area contributed by atoms with E-state index in [9.17, 15) is 9.59 Å². The molecule has 48 heavy (non-hydrogen) atoms. The minimum atomic E-state index is -0.561. The molecule has 0 amide bonds. The first-order valence-corrected chi connectivity index (χ1v) is 17.8. The third kappa shape index (κ3) is 24.0. The zero-order valence-electron chi connectivity index (χ0n) is 29.9. The van der Waals surface area contributed by atoms with Gasteiger partial charge in [-0.25, -0.2) is 9.59 Å². The van der Waals surface area contributed by atoms with Gasteiger partial charge >= 0.3 is 11.9 Å². The van der Waals surface area contributed by atoms with E-state index in [4.69, 9.17) is 47.4 Å². The molecule has 1 aromatic carbocycles. The molecule has 2 unspecified atom stereocenters. The summed E-state index contributed by atoms with van der Waals surface area (Å²) in [6.45, 7) is 13.6. The molecule has 278 valence electrons. The van der Waals surface area contributed by atoms with Gasteiger partial charge in [-0.05, 0) is 43.9 Å². The van der Waals surface area contributed by atoms with Crippen molar-refractivity contribution in [2.75, 3.05) is 92.5 Å². The molecule has 0 bridgehead atoms. The van der Waals surface area contributed by atoms with Crippen LogP contribution in [0.15, 0.2) is 24.3 Å². The molecule has 0 spiro atoms. The maximum atomic E-state index is 12.5. The van der Waals surface area contributed by atoms with Crippen LogP contribution in [-0.2, 0) is 47.4 Å². The van der Waals surface area contributed by atoms with E-state index in [1.165, 1.54) is 6.07 Å². The third-order valence-corrected chi connectivity index (χ3v) is 6.71. The first-order valence-electron chi connectivity index (χ1n) is 17.8. The van der Waals surface area contributed by atoms with Gasteiger partial charge in [-0.2, -0.15) is 0 Å². The van der Waals surface area contributed by atoms with Gasteiger partial charge in [0.05, 0.1) is 64.0 Å². The average molecular weight is 687 g/mol. The zero-order valence-corrected chi connectivity index (χ0v) is 29.9. The molecule has 0 aliphatic heterocycles. The Balaban J connectivity index is 2.25. The molecule has 0 saturated heterocycles. The number of carbonyl (C=O) groups is 2. The first kappa shape index (κ1) is 43.9. The summed E-state index contributed by atoms with van der Waals surface area (Å²) < 4.78 is 55.9. The number of carbonyl (C=O) groups excluding carboxylic acids is 2. The Hall–Kier alpha value is -2.16. The highest BCUT2D eigenvalue weighted by Crippen LogP contribution is 2.09. The van der Waals surface area contributed by atoms with Gasteiger partial charge < -0.3 is 47.4 Å². The minimum absolute atomic E-state index is 0.0581. The quantitative estimate of drug-likeness (QED) is 0.0481. The summed E-state index contributed by atoms with van der Waals surface area (Å²) >= 11 is 0. The van der Waals surface area contributed by atoms with Crippen LogP contribution in [0.1, 0.15) is 99.8 Å². The molecular weight excluding hydrogens is 624 g/mol. The van der Waals surface area contributed by atoms with Crippen LogP contribution in [0.5, 0.6) is 0 Å². The van der Waals surface area contributed by atoms with Crippen molar-refractivity contribution in [1.82, 2.24) is 0 Å². The molecule has 2 atom stereocenters. The van der Waals surface area contributed by atoms with Crippen LogP contribution >= 0.6 is 0 Å². The van der Waals surface area contributed by atoms with Crippen molar-refractivity contribution in [3.05, 3.63) is 35.4 Å². The van der Waals surface area contributed by atoms with Crippen LogP contribution < -0.4 is 0 Å². The van der Waals surface area contributed by atoms with Crippen LogP contribution in [-0.4, -0.2) is 117 Å². The van der Waals surface area contributed by atoms with Crippen molar-refractivity contribution in [3.63, 3.8) is 0 Å². The molecule has 1 aromatic rings. The normalized spacial score (nSPS) is 12.6. The van der Waals surface area contributed by atoms with E-state index in [0.29, 0.717) is 66.1 Å². The number of ether oxygens (including phenoxy) is 10. The SMILES string of the molecule is CCCCOCC(OCCCC)OCCOCCOC(=O)c1cccc(C(=O)OCCOCCOC(COCCCC)OCCCC)c1. The Morgan fingerprint density at radius 1 is 0.479 bits per heavy atom. The predicted octanol–water partition coefficient (Wildman–Crippen LogP) is 5.99. The van der Waals surface area contributed by atoms with Crippen molar-refractivity contribution in [1.29, 1.82) is 0 Å². The molecule has 12 nitrogen and oxygen atoms in total. The van der Waals surface area contributed by atoms with Gasteiger partial charge in [0, 0.05) is 26.4 Å². The molecule has 12 heteroatoms. The number of esters is 2. The lowest BCUT2D eigenvalue weighted by Crippen LogP contribution is -2.26. The maximum absolute atomic E-state index is 12.5. The Morgan fingerprint density at radius 3 is 1.27 bits per heavy atom. The van der Waals surface area contributed by atoms with Crippen LogP contribution in [0.25, 0.3) is 0 Å². The van der Waals surface area contributed by atoms with Gasteiger partial charge in [0.1, 0.15) is 13.2 Å². The van der Waals surface area contributed by atoms with E-state index in [2.05, 4.69) is 27.7 Å². The van der Waals surface area contributed by atoms with Crippen LogP contribution in [0.2, 0.25) is 0 Å². The molecule has 0 N–H and O–H groups in total. The van der Waals surface area contributed by atoms with Crippen LogP contribution in [0.3, 0.4) is 0 Å². The summed E-state index contributed by atoms with van der Waals surface area (Å²) in [6.07, 6.45) is 7.26. The zero-order chi connectivity index (χ0) is 34.9. The van der Waals surface area contributed by atoms with Gasteiger partial charge in [-0.1, -0.05) is 59.4 Å². The number of rotatable bonds is 34. The maximum Gasteiger partial charge on any atom is 0.338 e. The van der Waals surface area contributed by atoms with E-state index in [1.807, 2.05) is 0 Å². The Morgan fingerprint density at radius 2 is 0.854 bits per heavy atom. The molecule has 0 saturated carbocycles. The van der Waals surface area contributed by atoms with E-state index < -0.39 is 24.5 Å². The van der Waals surface area contributed by atoms with Crippen molar-refractivity contribution < 1.29 is 57.0 Å². The molecule has 0 heterocycles. The molecule has 0 aliphatic rings. The highest BCUT2D eigenvalue weighted by Gasteiger charge is 2.14.